The van der Waals surface area contributed by atoms with Crippen molar-refractivity contribution in [3.05, 3.63) is 65.2 Å². The Morgan fingerprint density at radius 2 is 1.96 bits per heavy atom. The van der Waals surface area contributed by atoms with Gasteiger partial charge in [0.2, 0.25) is 10.0 Å². The van der Waals surface area contributed by atoms with Gasteiger partial charge in [0, 0.05) is 30.1 Å². The molecule has 2 fully saturated rings. The van der Waals surface area contributed by atoms with E-state index in [1.807, 2.05) is 24.3 Å². The van der Waals surface area contributed by atoms with E-state index in [9.17, 15) is 8.42 Å². The lowest BCUT2D eigenvalue weighted by atomic mass is 9.68. The van der Waals surface area contributed by atoms with Crippen LogP contribution in [-0.4, -0.2) is 55.4 Å². The summed E-state index contributed by atoms with van der Waals surface area (Å²) < 4.78 is 50.1. The molecule has 5 atom stereocenters. The van der Waals surface area contributed by atoms with E-state index in [1.54, 1.807) is 6.07 Å². The average Bonchev–Trinajstić information content (AvgIpc) is 3.15. The Bertz CT molecular complexity index is 1570. The van der Waals surface area contributed by atoms with E-state index in [0.29, 0.717) is 18.4 Å². The molecular formula is C37H53ClN2O5SSi. The second-order valence-electron chi connectivity index (χ2n) is 15.8. The lowest BCUT2D eigenvalue weighted by molar-refractivity contribution is -0.197. The first kappa shape index (κ1) is 35.0. The molecule has 1 saturated heterocycles. The number of fused-ring (bicyclic) bond motifs is 3. The van der Waals surface area contributed by atoms with Crippen LogP contribution >= 0.6 is 11.6 Å². The molecule has 4 aliphatic rings. The summed E-state index contributed by atoms with van der Waals surface area (Å²) >= 11 is 6.47. The van der Waals surface area contributed by atoms with Crippen LogP contribution in [0.2, 0.25) is 23.2 Å². The van der Waals surface area contributed by atoms with E-state index in [0.717, 1.165) is 87.5 Å². The Labute approximate surface area is 288 Å². The predicted octanol–water partition coefficient (Wildman–Crippen LogP) is 8.22. The smallest absolute Gasteiger partial charge is 0.234 e. The predicted molar refractivity (Wildman–Crippen MR) is 193 cm³/mol. The molecule has 7 nitrogen and oxygen atoms in total. The van der Waals surface area contributed by atoms with Crippen LogP contribution in [0.15, 0.2) is 53.9 Å². The normalized spacial score (nSPS) is 27.2. The van der Waals surface area contributed by atoms with Crippen molar-refractivity contribution in [1.82, 2.24) is 4.39 Å². The van der Waals surface area contributed by atoms with Crippen LogP contribution in [0.3, 0.4) is 0 Å². The van der Waals surface area contributed by atoms with Crippen molar-refractivity contribution < 1.29 is 22.6 Å². The molecule has 2 unspecified atom stereocenters. The fourth-order valence-electron chi connectivity index (χ4n) is 7.67. The monoisotopic (exact) mass is 700 g/mol. The molecule has 2 aromatic carbocycles. The molecule has 2 heterocycles. The van der Waals surface area contributed by atoms with Gasteiger partial charge in [-0.2, -0.15) is 0 Å². The largest absolute Gasteiger partial charge is 0.490 e. The van der Waals surface area contributed by atoms with Crippen LogP contribution < -0.4 is 14.0 Å². The lowest BCUT2D eigenvalue weighted by Gasteiger charge is -2.46. The summed E-state index contributed by atoms with van der Waals surface area (Å²) in [5.74, 6) is 1.42. The highest BCUT2D eigenvalue weighted by atomic mass is 35.5. The highest BCUT2D eigenvalue weighted by molar-refractivity contribution is 7.91. The summed E-state index contributed by atoms with van der Waals surface area (Å²) in [7, 11) is -6.11. The molecule has 1 N–H and O–H groups in total. The summed E-state index contributed by atoms with van der Waals surface area (Å²) in [4.78, 5) is 2.71. The maximum Gasteiger partial charge on any atom is 0.234 e. The zero-order chi connectivity index (χ0) is 33.6. The van der Waals surface area contributed by atoms with Crippen LogP contribution in [-0.2, 0) is 31.3 Å². The molecule has 0 bridgehead atoms. The maximum absolute atomic E-state index is 13.9. The number of rotatable bonds is 9. The van der Waals surface area contributed by atoms with E-state index in [4.69, 9.17) is 25.8 Å². The molecule has 6 rings (SSSR count). The van der Waals surface area contributed by atoms with Gasteiger partial charge in [-0.15, -0.1) is 6.58 Å². The summed E-state index contributed by atoms with van der Waals surface area (Å²) in [5.41, 5.74) is 3.19. The third kappa shape index (κ3) is 7.22. The number of halogens is 1. The first-order chi connectivity index (χ1) is 22.2. The van der Waals surface area contributed by atoms with Gasteiger partial charge in [0.1, 0.15) is 14.0 Å². The van der Waals surface area contributed by atoms with Crippen molar-refractivity contribution in [3.8, 4) is 5.75 Å². The Kier molecular flexibility index (Phi) is 10.00. The van der Waals surface area contributed by atoms with Crippen LogP contribution in [0, 0.1) is 11.8 Å². The summed E-state index contributed by atoms with van der Waals surface area (Å²) in [6.45, 7) is 17.4. The van der Waals surface area contributed by atoms with E-state index < -0.39 is 18.3 Å². The van der Waals surface area contributed by atoms with Crippen molar-refractivity contribution in [2.45, 2.75) is 113 Å². The molecule has 47 heavy (non-hydrogen) atoms. The van der Waals surface area contributed by atoms with Crippen molar-refractivity contribution in [2.24, 2.45) is 11.8 Å². The number of anilines is 1. The number of aryl methyl sites for hydroxylation is 1. The first-order valence-electron chi connectivity index (χ1n) is 17.5. The molecule has 2 aliphatic heterocycles. The third-order valence-electron chi connectivity index (χ3n) is 11.6. The minimum atomic E-state index is -3.75. The molecule has 1 spiro atoms. The van der Waals surface area contributed by atoms with E-state index in [2.05, 4.69) is 61.9 Å². The van der Waals surface area contributed by atoms with Gasteiger partial charge in [0.25, 0.3) is 0 Å². The highest BCUT2D eigenvalue weighted by Crippen LogP contribution is 2.47. The van der Waals surface area contributed by atoms with Gasteiger partial charge in [-0.1, -0.05) is 57.6 Å². The van der Waals surface area contributed by atoms with Gasteiger partial charge in [-0.25, -0.2) is 12.8 Å². The van der Waals surface area contributed by atoms with E-state index in [1.165, 1.54) is 11.1 Å². The van der Waals surface area contributed by atoms with Gasteiger partial charge in [0.05, 0.1) is 23.3 Å². The standard InChI is InChI=1S/C37H53ClN2O5SSi/c1-7-33(45-35-12-8-9-20-43-35)30-16-13-27(30)23-40-24-37(19-10-11-26-21-28(38)14-17-31(26)37)25-44-34-18-15-29(22-32(34)40)46(41,42)39-47(5,6)36(2,3)4/h7,14-15,17-18,21-22,27,30,33,35,39H,1,8-13,16,19-20,23-25H2,2-6H3/t27-,30+,33?,35?,37-/m0/s1. The molecule has 0 radical (unpaired) electrons. The Morgan fingerprint density at radius 3 is 2.64 bits per heavy atom. The molecule has 0 amide bonds. The minimum Gasteiger partial charge on any atom is -0.490 e. The topological polar surface area (TPSA) is 77.1 Å². The second-order valence-corrected chi connectivity index (χ2v) is 23.3. The molecule has 2 aliphatic carbocycles. The van der Waals surface area contributed by atoms with Crippen molar-refractivity contribution in [2.75, 3.05) is 31.2 Å². The highest BCUT2D eigenvalue weighted by Gasteiger charge is 2.45. The summed E-state index contributed by atoms with van der Waals surface area (Å²) in [6, 6.07) is 11.7. The van der Waals surface area contributed by atoms with Crippen molar-refractivity contribution in [3.63, 3.8) is 0 Å². The number of nitrogens with zero attached hydrogens (tertiary/aromatic N) is 1. The van der Waals surface area contributed by atoms with Gasteiger partial charge < -0.3 is 19.1 Å². The fourth-order valence-corrected chi connectivity index (χ4v) is 12.8. The van der Waals surface area contributed by atoms with Gasteiger partial charge in [-0.3, -0.25) is 0 Å². The average molecular weight is 701 g/mol. The van der Waals surface area contributed by atoms with E-state index >= 15 is 0 Å². The van der Waals surface area contributed by atoms with Crippen LogP contribution in [0.4, 0.5) is 5.69 Å². The number of ether oxygens (including phenoxy) is 3. The molecule has 2 aromatic rings. The van der Waals surface area contributed by atoms with Gasteiger partial charge in [-0.05, 0) is 110 Å². The number of hydrogen-bond donors (Lipinski definition) is 1. The zero-order valence-electron chi connectivity index (χ0n) is 28.8. The molecule has 0 aromatic heterocycles. The summed E-state index contributed by atoms with van der Waals surface area (Å²) in [6.07, 6.45) is 10.0. The number of nitrogens with one attached hydrogen (secondary N) is 1. The van der Waals surface area contributed by atoms with Crippen LogP contribution in [0.5, 0.6) is 5.75 Å². The third-order valence-corrected chi connectivity index (χ3v) is 19.6. The zero-order valence-corrected chi connectivity index (χ0v) is 31.4. The Morgan fingerprint density at radius 1 is 1.15 bits per heavy atom. The molecule has 1 saturated carbocycles. The first-order valence-corrected chi connectivity index (χ1v) is 22.3. The molecular weight excluding hydrogens is 648 g/mol. The van der Waals surface area contributed by atoms with Crippen LogP contribution in [0.1, 0.15) is 76.8 Å². The lowest BCUT2D eigenvalue weighted by Crippen LogP contribution is -2.54. The van der Waals surface area contributed by atoms with Gasteiger partial charge >= 0.3 is 0 Å². The second kappa shape index (κ2) is 13.4. The fraction of sp³-hybridized carbons (Fsp3) is 0.622. The number of sulfonamides is 1. The minimum absolute atomic E-state index is 0.0773. The molecule has 10 heteroatoms. The Balaban J connectivity index is 1.34. The van der Waals surface area contributed by atoms with Crippen molar-refractivity contribution in [1.29, 1.82) is 0 Å². The Hall–Kier alpha value is -1.88. The van der Waals surface area contributed by atoms with Gasteiger partial charge in [0.15, 0.2) is 6.29 Å². The van der Waals surface area contributed by atoms with Crippen molar-refractivity contribution >= 4 is 35.5 Å². The number of hydrogen-bond acceptors (Lipinski definition) is 6. The molecule has 258 valence electrons. The maximum atomic E-state index is 13.9. The SMILES string of the molecule is C=CC(OC1CCCCO1)[C@@H]1CC[C@H]1CN1C[C@@]2(CCCc3cc(Cl)ccc32)COc2ccc(S(=O)(=O)N[Si](C)(C)C(C)(C)C)cc21. The summed E-state index contributed by atoms with van der Waals surface area (Å²) in [5, 5.41) is 0.616. The van der Waals surface area contributed by atoms with E-state index in [-0.39, 0.29) is 27.7 Å². The number of benzene rings is 2. The quantitative estimate of drug-likeness (QED) is 0.210. The van der Waals surface area contributed by atoms with Crippen LogP contribution in [0.25, 0.3) is 0 Å².